The van der Waals surface area contributed by atoms with E-state index in [0.29, 0.717) is 0 Å². The Balaban J connectivity index is 2.68. The Bertz CT molecular complexity index is 305. The highest BCUT2D eigenvalue weighted by Gasteiger charge is 2.31. The van der Waals surface area contributed by atoms with Crippen LogP contribution in [0.1, 0.15) is 53.4 Å². The zero-order valence-electron chi connectivity index (χ0n) is 10.6. The highest BCUT2D eigenvalue weighted by Crippen LogP contribution is 2.32. The van der Waals surface area contributed by atoms with E-state index in [0.717, 1.165) is 25.7 Å². The maximum absolute atomic E-state index is 12.0. The van der Waals surface area contributed by atoms with Gasteiger partial charge in [0.25, 0.3) is 0 Å². The smallest absolute Gasteiger partial charge is 0.312 e. The van der Waals surface area contributed by atoms with Gasteiger partial charge in [-0.1, -0.05) is 6.92 Å². The van der Waals surface area contributed by atoms with Gasteiger partial charge in [0.15, 0.2) is 0 Å². The Morgan fingerprint density at radius 2 is 2.19 bits per heavy atom. The molecule has 1 unspecified atom stereocenters. The van der Waals surface area contributed by atoms with Gasteiger partial charge < -0.3 is 4.74 Å². The summed E-state index contributed by atoms with van der Waals surface area (Å²) in [7, 11) is 0. The minimum absolute atomic E-state index is 0.0129. The first-order valence-electron chi connectivity index (χ1n) is 5.94. The number of esters is 1. The number of hydrogen-bond donors (Lipinski definition) is 0. The van der Waals surface area contributed by atoms with E-state index < -0.39 is 0 Å². The predicted octanol–water partition coefficient (Wildman–Crippen LogP) is 4.23. The van der Waals surface area contributed by atoms with Gasteiger partial charge in [-0.15, -0.1) is 0 Å². The number of carbonyl (C=O) groups excluding carboxylic acids is 1. The van der Waals surface area contributed by atoms with Gasteiger partial charge in [0.1, 0.15) is 6.10 Å². The van der Waals surface area contributed by atoms with Gasteiger partial charge in [-0.25, -0.2) is 0 Å². The largest absolute Gasteiger partial charge is 0.457 e. The van der Waals surface area contributed by atoms with E-state index in [1.807, 2.05) is 20.8 Å². The SMILES string of the molecule is CCC(C)(C)C(=O)OC1CCCC(I)=C1C. The highest BCUT2D eigenvalue weighted by atomic mass is 127. The number of allylic oxidation sites excluding steroid dienone is 1. The molecule has 0 spiro atoms. The average molecular weight is 336 g/mol. The molecule has 0 heterocycles. The van der Waals surface area contributed by atoms with E-state index in [-0.39, 0.29) is 17.5 Å². The summed E-state index contributed by atoms with van der Waals surface area (Å²) in [4.78, 5) is 12.0. The minimum atomic E-state index is -0.358. The summed E-state index contributed by atoms with van der Waals surface area (Å²) in [5.41, 5.74) is 0.885. The summed E-state index contributed by atoms with van der Waals surface area (Å²) in [5, 5.41) is 0. The molecule has 0 saturated carbocycles. The Kier molecular flexibility index (Phi) is 4.83. The fourth-order valence-electron chi connectivity index (χ4n) is 1.61. The third kappa shape index (κ3) is 3.22. The van der Waals surface area contributed by atoms with Crippen LogP contribution >= 0.6 is 22.6 Å². The molecule has 2 nitrogen and oxygen atoms in total. The minimum Gasteiger partial charge on any atom is -0.457 e. The molecule has 0 bridgehead atoms. The Morgan fingerprint density at radius 3 is 2.75 bits per heavy atom. The summed E-state index contributed by atoms with van der Waals surface area (Å²) < 4.78 is 6.99. The van der Waals surface area contributed by atoms with Crippen LogP contribution in [0.4, 0.5) is 0 Å². The molecule has 0 saturated heterocycles. The van der Waals surface area contributed by atoms with Crippen molar-refractivity contribution in [3.05, 3.63) is 9.15 Å². The van der Waals surface area contributed by atoms with Crippen LogP contribution in [0.3, 0.4) is 0 Å². The van der Waals surface area contributed by atoms with Gasteiger partial charge in [0, 0.05) is 0 Å². The van der Waals surface area contributed by atoms with Crippen molar-refractivity contribution >= 4 is 28.6 Å². The fraction of sp³-hybridized carbons (Fsp3) is 0.769. The van der Waals surface area contributed by atoms with Crippen molar-refractivity contribution in [3.8, 4) is 0 Å². The molecule has 3 heteroatoms. The Morgan fingerprint density at radius 1 is 1.56 bits per heavy atom. The highest BCUT2D eigenvalue weighted by molar-refractivity contribution is 14.1. The van der Waals surface area contributed by atoms with Crippen LogP contribution < -0.4 is 0 Å². The molecule has 1 aliphatic carbocycles. The first kappa shape index (κ1) is 14.0. The number of halogens is 1. The lowest BCUT2D eigenvalue weighted by Crippen LogP contribution is -2.31. The van der Waals surface area contributed by atoms with E-state index in [2.05, 4.69) is 29.5 Å². The second-order valence-corrected chi connectivity index (χ2v) is 6.41. The second kappa shape index (κ2) is 5.52. The summed E-state index contributed by atoms with van der Waals surface area (Å²) in [6.45, 7) is 8.00. The van der Waals surface area contributed by atoms with Crippen LogP contribution in [0.25, 0.3) is 0 Å². The standard InChI is InChI=1S/C13H21IO2/c1-5-13(3,4)12(15)16-11-8-6-7-10(14)9(11)2/h11H,5-8H2,1-4H3. The first-order chi connectivity index (χ1) is 7.38. The van der Waals surface area contributed by atoms with Crippen LogP contribution in [0.5, 0.6) is 0 Å². The van der Waals surface area contributed by atoms with Crippen LogP contribution in [0.2, 0.25) is 0 Å². The molecule has 0 aromatic rings. The van der Waals surface area contributed by atoms with Crippen molar-refractivity contribution in [2.75, 3.05) is 0 Å². The molecule has 1 atom stereocenters. The van der Waals surface area contributed by atoms with Crippen LogP contribution in [-0.4, -0.2) is 12.1 Å². The van der Waals surface area contributed by atoms with Crippen LogP contribution in [0, 0.1) is 5.41 Å². The van der Waals surface area contributed by atoms with Crippen molar-refractivity contribution in [2.45, 2.75) is 59.5 Å². The predicted molar refractivity (Wildman–Crippen MR) is 74.5 cm³/mol. The van der Waals surface area contributed by atoms with E-state index >= 15 is 0 Å². The lowest BCUT2D eigenvalue weighted by molar-refractivity contribution is -0.158. The zero-order chi connectivity index (χ0) is 12.3. The summed E-state index contributed by atoms with van der Waals surface area (Å²) in [5.74, 6) is -0.0644. The molecular weight excluding hydrogens is 315 g/mol. The van der Waals surface area contributed by atoms with Gasteiger partial charge in [-0.2, -0.15) is 0 Å². The van der Waals surface area contributed by atoms with Crippen molar-refractivity contribution in [3.63, 3.8) is 0 Å². The van der Waals surface area contributed by atoms with E-state index in [4.69, 9.17) is 4.74 Å². The molecule has 0 aromatic heterocycles. The summed E-state index contributed by atoms with van der Waals surface area (Å²) in [6.07, 6.45) is 4.07. The normalized spacial score (nSPS) is 22.2. The quantitative estimate of drug-likeness (QED) is 0.570. The molecular formula is C13H21IO2. The molecule has 16 heavy (non-hydrogen) atoms. The van der Waals surface area contributed by atoms with Crippen molar-refractivity contribution < 1.29 is 9.53 Å². The monoisotopic (exact) mass is 336 g/mol. The average Bonchev–Trinajstić information content (AvgIpc) is 2.24. The maximum Gasteiger partial charge on any atom is 0.312 e. The van der Waals surface area contributed by atoms with E-state index in [1.165, 1.54) is 9.15 Å². The number of hydrogen-bond acceptors (Lipinski definition) is 2. The summed E-state index contributed by atoms with van der Waals surface area (Å²) in [6, 6.07) is 0. The molecule has 0 aliphatic heterocycles. The van der Waals surface area contributed by atoms with E-state index in [1.54, 1.807) is 0 Å². The molecule has 92 valence electrons. The zero-order valence-corrected chi connectivity index (χ0v) is 12.8. The van der Waals surface area contributed by atoms with Gasteiger partial charge >= 0.3 is 5.97 Å². The van der Waals surface area contributed by atoms with E-state index in [9.17, 15) is 4.79 Å². The lowest BCUT2D eigenvalue weighted by Gasteiger charge is -2.28. The van der Waals surface area contributed by atoms with Gasteiger partial charge in [0.2, 0.25) is 0 Å². The first-order valence-corrected chi connectivity index (χ1v) is 7.02. The lowest BCUT2D eigenvalue weighted by atomic mass is 9.90. The molecule has 0 N–H and O–H groups in total. The number of rotatable bonds is 3. The Hall–Kier alpha value is -0.0600. The topological polar surface area (TPSA) is 26.3 Å². The molecule has 0 aromatic carbocycles. The number of ether oxygens (including phenoxy) is 1. The van der Waals surface area contributed by atoms with Crippen molar-refractivity contribution in [2.24, 2.45) is 5.41 Å². The fourth-order valence-corrected chi connectivity index (χ4v) is 2.34. The van der Waals surface area contributed by atoms with Crippen molar-refractivity contribution in [1.82, 2.24) is 0 Å². The van der Waals surface area contributed by atoms with Crippen LogP contribution in [-0.2, 0) is 9.53 Å². The second-order valence-electron chi connectivity index (χ2n) is 5.11. The van der Waals surface area contributed by atoms with Crippen molar-refractivity contribution in [1.29, 1.82) is 0 Å². The van der Waals surface area contributed by atoms with Gasteiger partial charge in [-0.3, -0.25) is 4.79 Å². The van der Waals surface area contributed by atoms with Gasteiger partial charge in [0.05, 0.1) is 5.41 Å². The summed E-state index contributed by atoms with van der Waals surface area (Å²) >= 11 is 2.36. The molecule has 1 aliphatic rings. The van der Waals surface area contributed by atoms with Crippen LogP contribution in [0.15, 0.2) is 9.15 Å². The van der Waals surface area contributed by atoms with Gasteiger partial charge in [-0.05, 0) is 78.2 Å². The third-order valence-corrected chi connectivity index (χ3v) is 4.85. The number of carbonyl (C=O) groups is 1. The third-order valence-electron chi connectivity index (χ3n) is 3.46. The molecule has 1 rings (SSSR count). The molecule has 0 amide bonds. The molecule has 0 radical (unpaired) electrons. The maximum atomic E-state index is 12.0. The Labute approximate surface area is 112 Å². The molecule has 0 fully saturated rings.